The van der Waals surface area contributed by atoms with Crippen LogP contribution in [-0.2, 0) is 18.4 Å². The molecule has 3 heterocycles. The second-order valence-corrected chi connectivity index (χ2v) is 7.06. The first-order valence-corrected chi connectivity index (χ1v) is 9.22. The summed E-state index contributed by atoms with van der Waals surface area (Å²) in [5, 5.41) is 11.9. The molecule has 0 saturated carbocycles. The second kappa shape index (κ2) is 11.1. The standard InChI is InChI=1S/C17H30N6O.2ClH/c1-18-12-16(24)23-10-6-14(7-11-23)17-20-19-15(21(17)2)13-22-8-4-3-5-9-22;;/h14,18H,3-13H2,1-2H3;2*1H. The lowest BCUT2D eigenvalue weighted by molar-refractivity contribution is -0.131. The van der Waals surface area contributed by atoms with Crippen LogP contribution in [0.25, 0.3) is 0 Å². The summed E-state index contributed by atoms with van der Waals surface area (Å²) in [7, 11) is 3.90. The maximum absolute atomic E-state index is 12.0. The van der Waals surface area contributed by atoms with Crippen molar-refractivity contribution in [3.05, 3.63) is 11.6 Å². The zero-order chi connectivity index (χ0) is 16.9. The molecule has 2 aliphatic heterocycles. The number of hydrogen-bond donors (Lipinski definition) is 1. The van der Waals surface area contributed by atoms with Crippen LogP contribution >= 0.6 is 24.8 Å². The van der Waals surface area contributed by atoms with Crippen LogP contribution in [0.15, 0.2) is 0 Å². The van der Waals surface area contributed by atoms with Gasteiger partial charge in [0.25, 0.3) is 0 Å². The van der Waals surface area contributed by atoms with E-state index in [1.165, 1.54) is 32.4 Å². The molecule has 0 atom stereocenters. The minimum absolute atomic E-state index is 0. The molecule has 1 amide bonds. The number of aromatic nitrogens is 3. The summed E-state index contributed by atoms with van der Waals surface area (Å²) in [4.78, 5) is 16.4. The van der Waals surface area contributed by atoms with E-state index in [1.807, 2.05) is 11.9 Å². The molecule has 0 aromatic carbocycles. The Morgan fingerprint density at radius 2 is 1.73 bits per heavy atom. The van der Waals surface area contributed by atoms with Gasteiger partial charge in [-0.25, -0.2) is 0 Å². The van der Waals surface area contributed by atoms with Crippen molar-refractivity contribution in [2.75, 3.05) is 39.8 Å². The summed E-state index contributed by atoms with van der Waals surface area (Å²) in [6, 6.07) is 0. The SMILES string of the molecule is CNCC(=O)N1CCC(c2nnc(CN3CCCCC3)n2C)CC1.Cl.Cl. The molecule has 2 saturated heterocycles. The highest BCUT2D eigenvalue weighted by Crippen LogP contribution is 2.27. The van der Waals surface area contributed by atoms with Crippen molar-refractivity contribution < 1.29 is 4.79 Å². The van der Waals surface area contributed by atoms with Gasteiger partial charge in [0, 0.05) is 26.1 Å². The Kier molecular flexibility index (Phi) is 9.85. The Morgan fingerprint density at radius 3 is 2.35 bits per heavy atom. The van der Waals surface area contributed by atoms with Crippen molar-refractivity contribution in [3.63, 3.8) is 0 Å². The van der Waals surface area contributed by atoms with Crippen LogP contribution in [0.3, 0.4) is 0 Å². The van der Waals surface area contributed by atoms with Crippen LogP contribution in [0.5, 0.6) is 0 Å². The fourth-order valence-electron chi connectivity index (χ4n) is 3.84. The van der Waals surface area contributed by atoms with Gasteiger partial charge >= 0.3 is 0 Å². The number of piperidine rings is 2. The summed E-state index contributed by atoms with van der Waals surface area (Å²) in [6.07, 6.45) is 5.90. The lowest BCUT2D eigenvalue weighted by atomic mass is 9.96. The fraction of sp³-hybridized carbons (Fsp3) is 0.824. The van der Waals surface area contributed by atoms with E-state index in [9.17, 15) is 4.79 Å². The lowest BCUT2D eigenvalue weighted by Crippen LogP contribution is -2.42. The molecule has 0 spiro atoms. The van der Waals surface area contributed by atoms with E-state index in [4.69, 9.17) is 0 Å². The third-order valence-electron chi connectivity index (χ3n) is 5.35. The first-order chi connectivity index (χ1) is 11.7. The molecule has 1 aromatic rings. The van der Waals surface area contributed by atoms with E-state index in [-0.39, 0.29) is 30.7 Å². The fourth-order valence-corrected chi connectivity index (χ4v) is 3.84. The predicted molar refractivity (Wildman–Crippen MR) is 107 cm³/mol. The molecule has 2 aliphatic rings. The zero-order valence-corrected chi connectivity index (χ0v) is 17.4. The van der Waals surface area contributed by atoms with Gasteiger partial charge in [0.2, 0.25) is 5.91 Å². The maximum atomic E-state index is 12.0. The van der Waals surface area contributed by atoms with Gasteiger partial charge in [0.15, 0.2) is 0 Å². The normalized spacial score (nSPS) is 18.9. The summed E-state index contributed by atoms with van der Waals surface area (Å²) in [5.74, 6) is 2.76. The largest absolute Gasteiger partial charge is 0.342 e. The monoisotopic (exact) mass is 406 g/mol. The van der Waals surface area contributed by atoms with Crippen molar-refractivity contribution >= 4 is 30.7 Å². The Bertz CT molecular complexity index is 553. The molecule has 1 N–H and O–H groups in total. The number of carbonyl (C=O) groups is 1. The van der Waals surface area contributed by atoms with Gasteiger partial charge in [-0.05, 0) is 45.8 Å². The van der Waals surface area contributed by atoms with Crippen LogP contribution in [0.4, 0.5) is 0 Å². The molecule has 1 aromatic heterocycles. The first kappa shape index (κ1) is 23.1. The summed E-state index contributed by atoms with van der Waals surface area (Å²) in [5.41, 5.74) is 0. The molecule has 0 bridgehead atoms. The minimum atomic E-state index is 0. The Morgan fingerprint density at radius 1 is 1.08 bits per heavy atom. The van der Waals surface area contributed by atoms with Crippen molar-refractivity contribution in [2.24, 2.45) is 7.05 Å². The average Bonchev–Trinajstić information content (AvgIpc) is 2.97. The van der Waals surface area contributed by atoms with E-state index in [2.05, 4.69) is 32.0 Å². The van der Waals surface area contributed by atoms with Crippen LogP contribution in [0, 0.1) is 0 Å². The van der Waals surface area contributed by atoms with E-state index in [0.717, 1.165) is 44.1 Å². The molecule has 0 radical (unpaired) electrons. The van der Waals surface area contributed by atoms with Crippen LogP contribution in [0.2, 0.25) is 0 Å². The molecule has 26 heavy (non-hydrogen) atoms. The van der Waals surface area contributed by atoms with E-state index in [0.29, 0.717) is 12.5 Å². The van der Waals surface area contributed by atoms with Crippen molar-refractivity contribution in [1.29, 1.82) is 0 Å². The summed E-state index contributed by atoms with van der Waals surface area (Å²) in [6.45, 7) is 5.32. The molecule has 2 fully saturated rings. The first-order valence-electron chi connectivity index (χ1n) is 9.22. The molecule has 150 valence electrons. The highest BCUT2D eigenvalue weighted by molar-refractivity contribution is 5.85. The van der Waals surface area contributed by atoms with Gasteiger partial charge in [-0.15, -0.1) is 35.0 Å². The number of nitrogens with zero attached hydrogens (tertiary/aromatic N) is 5. The minimum Gasteiger partial charge on any atom is -0.342 e. The Balaban J connectivity index is 0.00000169. The molecular weight excluding hydrogens is 375 g/mol. The summed E-state index contributed by atoms with van der Waals surface area (Å²) < 4.78 is 2.18. The van der Waals surface area contributed by atoms with Crippen LogP contribution in [-0.4, -0.2) is 70.2 Å². The highest BCUT2D eigenvalue weighted by atomic mass is 35.5. The number of halogens is 2. The van der Waals surface area contributed by atoms with E-state index in [1.54, 1.807) is 0 Å². The lowest BCUT2D eigenvalue weighted by Gasteiger charge is -2.31. The van der Waals surface area contributed by atoms with Crippen LogP contribution in [0.1, 0.15) is 49.7 Å². The van der Waals surface area contributed by atoms with Crippen molar-refractivity contribution in [3.8, 4) is 0 Å². The molecule has 9 heteroatoms. The zero-order valence-electron chi connectivity index (χ0n) is 15.8. The van der Waals surface area contributed by atoms with Gasteiger partial charge < -0.3 is 14.8 Å². The highest BCUT2D eigenvalue weighted by Gasteiger charge is 2.27. The molecule has 3 rings (SSSR count). The van der Waals surface area contributed by atoms with E-state index >= 15 is 0 Å². The van der Waals surface area contributed by atoms with Crippen molar-refractivity contribution in [2.45, 2.75) is 44.6 Å². The van der Waals surface area contributed by atoms with Gasteiger partial charge in [0.1, 0.15) is 11.6 Å². The number of nitrogens with one attached hydrogen (secondary N) is 1. The van der Waals surface area contributed by atoms with Crippen LogP contribution < -0.4 is 5.32 Å². The topological polar surface area (TPSA) is 66.3 Å². The number of likely N-dealkylation sites (N-methyl/N-ethyl adjacent to an activating group) is 1. The summed E-state index contributed by atoms with van der Waals surface area (Å²) >= 11 is 0. The number of rotatable bonds is 5. The molecule has 0 unspecified atom stereocenters. The second-order valence-electron chi connectivity index (χ2n) is 7.06. The predicted octanol–water partition coefficient (Wildman–Crippen LogP) is 1.57. The molecule has 0 aliphatic carbocycles. The smallest absolute Gasteiger partial charge is 0.236 e. The van der Waals surface area contributed by atoms with Gasteiger partial charge in [-0.1, -0.05) is 6.42 Å². The van der Waals surface area contributed by atoms with Gasteiger partial charge in [-0.3, -0.25) is 9.69 Å². The third kappa shape index (κ3) is 5.55. The molecule has 7 nitrogen and oxygen atoms in total. The third-order valence-corrected chi connectivity index (χ3v) is 5.35. The number of carbonyl (C=O) groups excluding carboxylic acids is 1. The Labute approximate surface area is 168 Å². The van der Waals surface area contributed by atoms with Crippen molar-refractivity contribution in [1.82, 2.24) is 29.9 Å². The number of amides is 1. The average molecular weight is 407 g/mol. The van der Waals surface area contributed by atoms with E-state index < -0.39 is 0 Å². The van der Waals surface area contributed by atoms with Gasteiger partial charge in [-0.2, -0.15) is 0 Å². The number of hydrogen-bond acceptors (Lipinski definition) is 5. The number of likely N-dealkylation sites (tertiary alicyclic amines) is 2. The maximum Gasteiger partial charge on any atom is 0.236 e. The van der Waals surface area contributed by atoms with Gasteiger partial charge in [0.05, 0.1) is 13.1 Å². The molecular formula is C17H32Cl2N6O. The Hall–Kier alpha value is -0.890. The quantitative estimate of drug-likeness (QED) is 0.803.